The van der Waals surface area contributed by atoms with Crippen molar-refractivity contribution >= 4 is 33.2 Å². The van der Waals surface area contributed by atoms with E-state index in [0.29, 0.717) is 24.4 Å². The van der Waals surface area contributed by atoms with Crippen LogP contribution in [0.5, 0.6) is 5.75 Å². The number of carbonyl (C=O) groups excluding carboxylic acids is 1. The van der Waals surface area contributed by atoms with Crippen molar-refractivity contribution in [3.05, 3.63) is 88.9 Å². The molecule has 0 radical (unpaired) electrons. The van der Waals surface area contributed by atoms with E-state index in [-0.39, 0.29) is 15.5 Å². The first-order valence-corrected chi connectivity index (χ1v) is 11.4. The van der Waals surface area contributed by atoms with Gasteiger partial charge in [0, 0.05) is 13.6 Å². The van der Waals surface area contributed by atoms with Crippen molar-refractivity contribution in [3.63, 3.8) is 0 Å². The molecule has 0 fully saturated rings. The minimum atomic E-state index is -3.89. The molecule has 8 heteroatoms. The molecule has 0 aliphatic rings. The smallest absolute Gasteiger partial charge is 0.264 e. The second-order valence-electron chi connectivity index (χ2n) is 6.80. The molecule has 0 aliphatic heterocycles. The molecule has 0 saturated heterocycles. The van der Waals surface area contributed by atoms with Crippen LogP contribution in [0.4, 0.5) is 5.69 Å². The monoisotopic (exact) mass is 458 g/mol. The number of benzene rings is 3. The average molecular weight is 459 g/mol. The number of sulfonamides is 1. The topological polar surface area (TPSA) is 75.7 Å². The highest BCUT2D eigenvalue weighted by Crippen LogP contribution is 2.27. The lowest BCUT2D eigenvalue weighted by molar-refractivity contribution is 0.0954. The molecule has 6 nitrogen and oxygen atoms in total. The molecule has 0 saturated carbocycles. The molecule has 3 aromatic rings. The molecule has 0 bridgehead atoms. The first-order valence-electron chi connectivity index (χ1n) is 9.57. The van der Waals surface area contributed by atoms with Crippen LogP contribution in [0.1, 0.15) is 15.9 Å². The Balaban J connectivity index is 1.77. The van der Waals surface area contributed by atoms with E-state index in [1.807, 2.05) is 30.3 Å². The highest BCUT2D eigenvalue weighted by atomic mass is 35.5. The summed E-state index contributed by atoms with van der Waals surface area (Å²) < 4.78 is 32.4. The molecule has 0 aromatic heterocycles. The summed E-state index contributed by atoms with van der Waals surface area (Å²) in [5.41, 5.74) is 1.66. The van der Waals surface area contributed by atoms with Crippen LogP contribution in [-0.2, 0) is 16.4 Å². The number of halogens is 1. The van der Waals surface area contributed by atoms with Gasteiger partial charge >= 0.3 is 0 Å². The number of ether oxygens (including phenoxy) is 1. The normalized spacial score (nSPS) is 11.1. The van der Waals surface area contributed by atoms with Gasteiger partial charge in [-0.15, -0.1) is 0 Å². The molecule has 0 spiro atoms. The minimum absolute atomic E-state index is 0.0246. The molecule has 0 heterocycles. The first-order chi connectivity index (χ1) is 14.8. The Bertz CT molecular complexity index is 1150. The Morgan fingerprint density at radius 2 is 1.71 bits per heavy atom. The largest absolute Gasteiger partial charge is 0.497 e. The Labute approximate surface area is 187 Å². The maximum atomic E-state index is 13.1. The predicted octanol–water partition coefficient (Wildman–Crippen LogP) is 4.15. The van der Waals surface area contributed by atoms with Crippen LogP contribution in [0, 0.1) is 0 Å². The molecule has 0 unspecified atom stereocenters. The number of methoxy groups -OCH3 is 1. The zero-order valence-corrected chi connectivity index (χ0v) is 18.8. The third-order valence-corrected chi connectivity index (χ3v) is 6.93. The summed E-state index contributed by atoms with van der Waals surface area (Å²) in [5, 5.41) is 2.98. The molecule has 1 amide bonds. The van der Waals surface area contributed by atoms with Crippen LogP contribution < -0.4 is 14.4 Å². The fourth-order valence-electron chi connectivity index (χ4n) is 2.99. The van der Waals surface area contributed by atoms with Crippen molar-refractivity contribution in [3.8, 4) is 5.75 Å². The van der Waals surface area contributed by atoms with Crippen LogP contribution in [0.2, 0.25) is 5.02 Å². The standard InChI is InChI=1S/C23H23ClN2O4S/c1-26(18-8-10-19(30-2)11-9-18)31(28,29)20-12-13-22(24)21(16-20)23(27)25-15-14-17-6-4-3-5-7-17/h3-13,16H,14-15H2,1-2H3,(H,25,27). The summed E-state index contributed by atoms with van der Waals surface area (Å²) >= 11 is 6.18. The zero-order valence-electron chi connectivity index (χ0n) is 17.2. The predicted molar refractivity (Wildman–Crippen MR) is 123 cm³/mol. The molecule has 3 rings (SSSR count). The molecular formula is C23H23ClN2O4S. The van der Waals surface area contributed by atoms with E-state index in [2.05, 4.69) is 5.32 Å². The summed E-state index contributed by atoms with van der Waals surface area (Å²) in [7, 11) is -0.907. The van der Waals surface area contributed by atoms with Gasteiger partial charge in [0.25, 0.3) is 15.9 Å². The maximum absolute atomic E-state index is 13.1. The van der Waals surface area contributed by atoms with Gasteiger partial charge in [-0.1, -0.05) is 41.9 Å². The fourth-order valence-corrected chi connectivity index (χ4v) is 4.41. The van der Waals surface area contributed by atoms with E-state index in [9.17, 15) is 13.2 Å². The van der Waals surface area contributed by atoms with E-state index in [4.69, 9.17) is 16.3 Å². The van der Waals surface area contributed by atoms with Crippen LogP contribution in [-0.4, -0.2) is 35.0 Å². The van der Waals surface area contributed by atoms with Crippen molar-refractivity contribution in [2.24, 2.45) is 0 Å². The summed E-state index contributed by atoms with van der Waals surface area (Å²) in [4.78, 5) is 12.6. The Morgan fingerprint density at radius 1 is 1.03 bits per heavy atom. The van der Waals surface area contributed by atoms with E-state index < -0.39 is 15.9 Å². The highest BCUT2D eigenvalue weighted by Gasteiger charge is 2.24. The molecule has 1 N–H and O–H groups in total. The number of nitrogens with zero attached hydrogens (tertiary/aromatic N) is 1. The van der Waals surface area contributed by atoms with Gasteiger partial charge in [0.05, 0.1) is 28.3 Å². The molecule has 31 heavy (non-hydrogen) atoms. The number of hydrogen-bond donors (Lipinski definition) is 1. The second kappa shape index (κ2) is 9.85. The summed E-state index contributed by atoms with van der Waals surface area (Å²) in [6.07, 6.45) is 0.655. The molecule has 3 aromatic carbocycles. The number of nitrogens with one attached hydrogen (secondary N) is 1. The summed E-state index contributed by atoms with van der Waals surface area (Å²) in [6, 6.07) is 20.5. The molecule has 0 aliphatic carbocycles. The second-order valence-corrected chi connectivity index (χ2v) is 9.18. The molecule has 162 valence electrons. The summed E-state index contributed by atoms with van der Waals surface area (Å²) in [6.45, 7) is 0.405. The lowest BCUT2D eigenvalue weighted by atomic mass is 10.1. The van der Waals surface area contributed by atoms with E-state index >= 15 is 0 Å². The van der Waals surface area contributed by atoms with Crippen LogP contribution in [0.3, 0.4) is 0 Å². The van der Waals surface area contributed by atoms with E-state index in [1.54, 1.807) is 24.3 Å². The van der Waals surface area contributed by atoms with Gasteiger partial charge in [-0.05, 0) is 54.4 Å². The van der Waals surface area contributed by atoms with E-state index in [1.165, 1.54) is 32.4 Å². The van der Waals surface area contributed by atoms with Crippen molar-refractivity contribution in [1.29, 1.82) is 0 Å². The Morgan fingerprint density at radius 3 is 2.35 bits per heavy atom. The third kappa shape index (κ3) is 5.37. The third-order valence-electron chi connectivity index (χ3n) is 4.82. The van der Waals surface area contributed by atoms with Crippen molar-refractivity contribution < 1.29 is 17.9 Å². The van der Waals surface area contributed by atoms with E-state index in [0.717, 1.165) is 9.87 Å². The lowest BCUT2D eigenvalue weighted by Gasteiger charge is -2.20. The van der Waals surface area contributed by atoms with Crippen LogP contribution in [0.15, 0.2) is 77.7 Å². The number of rotatable bonds is 8. The van der Waals surface area contributed by atoms with Gasteiger partial charge < -0.3 is 10.1 Å². The average Bonchev–Trinajstić information content (AvgIpc) is 2.79. The SMILES string of the molecule is COc1ccc(N(C)S(=O)(=O)c2ccc(Cl)c(C(=O)NCCc3ccccc3)c2)cc1. The van der Waals surface area contributed by atoms with Gasteiger partial charge in [0.1, 0.15) is 5.75 Å². The van der Waals surface area contributed by atoms with Crippen LogP contribution in [0.25, 0.3) is 0 Å². The Hall–Kier alpha value is -3.03. The van der Waals surface area contributed by atoms with Crippen molar-refractivity contribution in [1.82, 2.24) is 5.32 Å². The van der Waals surface area contributed by atoms with Crippen molar-refractivity contribution in [2.45, 2.75) is 11.3 Å². The number of anilines is 1. The summed E-state index contributed by atoms with van der Waals surface area (Å²) in [5.74, 6) is 0.195. The van der Waals surface area contributed by atoms with Gasteiger partial charge in [0.2, 0.25) is 0 Å². The first kappa shape index (κ1) is 22.7. The lowest BCUT2D eigenvalue weighted by Crippen LogP contribution is -2.28. The quantitative estimate of drug-likeness (QED) is 0.550. The number of hydrogen-bond acceptors (Lipinski definition) is 4. The highest BCUT2D eigenvalue weighted by molar-refractivity contribution is 7.92. The van der Waals surface area contributed by atoms with Crippen LogP contribution >= 0.6 is 11.6 Å². The van der Waals surface area contributed by atoms with Crippen molar-refractivity contribution in [2.75, 3.05) is 25.0 Å². The minimum Gasteiger partial charge on any atom is -0.497 e. The van der Waals surface area contributed by atoms with Gasteiger partial charge in [-0.2, -0.15) is 0 Å². The van der Waals surface area contributed by atoms with Gasteiger partial charge in [-0.3, -0.25) is 9.10 Å². The number of amides is 1. The molecule has 0 atom stereocenters. The number of carbonyl (C=O) groups is 1. The zero-order chi connectivity index (χ0) is 22.4. The fraction of sp³-hybridized carbons (Fsp3) is 0.174. The molecular weight excluding hydrogens is 436 g/mol. The van der Waals surface area contributed by atoms with Gasteiger partial charge in [-0.25, -0.2) is 8.42 Å². The maximum Gasteiger partial charge on any atom is 0.264 e. The Kier molecular flexibility index (Phi) is 7.20. The van der Waals surface area contributed by atoms with Gasteiger partial charge in [0.15, 0.2) is 0 Å².